The molecule has 88 valence electrons. The van der Waals surface area contributed by atoms with E-state index in [0.717, 1.165) is 32.6 Å². The zero-order valence-corrected chi connectivity index (χ0v) is 12.5. The number of alkyl halides is 1. The Morgan fingerprint density at radius 1 is 1.24 bits per heavy atom. The van der Waals surface area contributed by atoms with Crippen LogP contribution in [0.5, 0.6) is 11.5 Å². The van der Waals surface area contributed by atoms with Crippen molar-refractivity contribution in [1.29, 1.82) is 0 Å². The molecule has 0 aliphatic rings. The van der Waals surface area contributed by atoms with Crippen LogP contribution in [-0.4, -0.2) is 4.98 Å². The standard InChI is InChI=1S/C13H11Br2NO/c1-9-12(3-2-6-16-9)17-13-7-11(15)5-4-10(13)8-14/h2-7H,8H2,1H3. The van der Waals surface area contributed by atoms with Gasteiger partial charge in [-0.25, -0.2) is 0 Å². The summed E-state index contributed by atoms with van der Waals surface area (Å²) in [6.07, 6.45) is 1.76. The summed E-state index contributed by atoms with van der Waals surface area (Å²) in [7, 11) is 0. The summed E-state index contributed by atoms with van der Waals surface area (Å²) in [5.74, 6) is 1.63. The Morgan fingerprint density at radius 2 is 2.06 bits per heavy atom. The lowest BCUT2D eigenvalue weighted by atomic mass is 10.2. The van der Waals surface area contributed by atoms with Crippen molar-refractivity contribution in [1.82, 2.24) is 4.98 Å². The van der Waals surface area contributed by atoms with E-state index in [1.165, 1.54) is 0 Å². The highest BCUT2D eigenvalue weighted by atomic mass is 79.9. The predicted molar refractivity (Wildman–Crippen MR) is 75.8 cm³/mol. The van der Waals surface area contributed by atoms with Crippen molar-refractivity contribution >= 4 is 31.9 Å². The second kappa shape index (κ2) is 5.65. The molecule has 2 rings (SSSR count). The van der Waals surface area contributed by atoms with E-state index in [9.17, 15) is 0 Å². The van der Waals surface area contributed by atoms with Gasteiger partial charge in [-0.15, -0.1) is 0 Å². The number of hydrogen-bond acceptors (Lipinski definition) is 2. The summed E-state index contributed by atoms with van der Waals surface area (Å²) in [6, 6.07) is 9.78. The minimum atomic E-state index is 0.759. The number of aryl methyl sites for hydroxylation is 1. The first-order valence-corrected chi connectivity index (χ1v) is 7.06. The van der Waals surface area contributed by atoms with Gasteiger partial charge in [-0.3, -0.25) is 4.98 Å². The van der Waals surface area contributed by atoms with Gasteiger partial charge in [0, 0.05) is 21.6 Å². The van der Waals surface area contributed by atoms with Gasteiger partial charge in [-0.05, 0) is 31.2 Å². The first kappa shape index (κ1) is 12.6. The molecule has 1 aromatic heterocycles. The van der Waals surface area contributed by atoms with Gasteiger partial charge in [0.15, 0.2) is 0 Å². The number of nitrogens with zero attached hydrogens (tertiary/aromatic N) is 1. The first-order chi connectivity index (χ1) is 8.20. The van der Waals surface area contributed by atoms with Crippen LogP contribution in [-0.2, 0) is 5.33 Å². The second-order valence-corrected chi connectivity index (χ2v) is 5.05. The first-order valence-electron chi connectivity index (χ1n) is 5.14. The fraction of sp³-hybridized carbons (Fsp3) is 0.154. The third-order valence-corrected chi connectivity index (χ3v) is 3.45. The van der Waals surface area contributed by atoms with E-state index in [4.69, 9.17) is 4.74 Å². The molecule has 17 heavy (non-hydrogen) atoms. The van der Waals surface area contributed by atoms with E-state index < -0.39 is 0 Å². The highest BCUT2D eigenvalue weighted by Gasteiger charge is 2.07. The summed E-state index contributed by atoms with van der Waals surface area (Å²) in [4.78, 5) is 4.20. The molecule has 4 heteroatoms. The maximum absolute atomic E-state index is 5.89. The van der Waals surface area contributed by atoms with Gasteiger partial charge in [-0.2, -0.15) is 0 Å². The monoisotopic (exact) mass is 355 g/mol. The maximum atomic E-state index is 5.89. The van der Waals surface area contributed by atoms with Crippen LogP contribution in [0.1, 0.15) is 11.3 Å². The number of aromatic nitrogens is 1. The Bertz CT molecular complexity index is 529. The van der Waals surface area contributed by atoms with E-state index in [1.54, 1.807) is 6.20 Å². The van der Waals surface area contributed by atoms with Crippen molar-refractivity contribution in [2.24, 2.45) is 0 Å². The summed E-state index contributed by atoms with van der Waals surface area (Å²) in [5.41, 5.74) is 1.99. The van der Waals surface area contributed by atoms with Crippen LogP contribution in [0.2, 0.25) is 0 Å². The van der Waals surface area contributed by atoms with Crippen LogP contribution in [0.4, 0.5) is 0 Å². The second-order valence-electron chi connectivity index (χ2n) is 3.57. The van der Waals surface area contributed by atoms with Gasteiger partial charge in [0.1, 0.15) is 11.5 Å². The zero-order chi connectivity index (χ0) is 12.3. The van der Waals surface area contributed by atoms with Gasteiger partial charge in [0.25, 0.3) is 0 Å². The molecule has 2 aromatic rings. The molecule has 0 bridgehead atoms. The van der Waals surface area contributed by atoms with Crippen molar-refractivity contribution < 1.29 is 4.74 Å². The fourth-order valence-electron chi connectivity index (χ4n) is 1.43. The zero-order valence-electron chi connectivity index (χ0n) is 9.28. The van der Waals surface area contributed by atoms with Crippen LogP contribution in [0, 0.1) is 6.92 Å². The number of pyridine rings is 1. The number of benzene rings is 1. The van der Waals surface area contributed by atoms with Gasteiger partial charge in [0.05, 0.1) is 5.69 Å². The molecular formula is C13H11Br2NO. The Labute approximate surface area is 117 Å². The quantitative estimate of drug-likeness (QED) is 0.734. The molecule has 0 N–H and O–H groups in total. The van der Waals surface area contributed by atoms with E-state index in [-0.39, 0.29) is 0 Å². The maximum Gasteiger partial charge on any atom is 0.148 e. The lowest BCUT2D eigenvalue weighted by Gasteiger charge is -2.11. The number of halogens is 2. The minimum Gasteiger partial charge on any atom is -0.455 e. The van der Waals surface area contributed by atoms with Crippen LogP contribution in [0.15, 0.2) is 41.0 Å². The normalized spacial score (nSPS) is 10.3. The Kier molecular flexibility index (Phi) is 4.18. The lowest BCUT2D eigenvalue weighted by Crippen LogP contribution is -1.93. The molecule has 0 aliphatic heterocycles. The van der Waals surface area contributed by atoms with E-state index >= 15 is 0 Å². The number of ether oxygens (including phenoxy) is 1. The average Bonchev–Trinajstić information content (AvgIpc) is 2.32. The molecular weight excluding hydrogens is 346 g/mol. The number of rotatable bonds is 3. The molecule has 1 heterocycles. The van der Waals surface area contributed by atoms with Crippen molar-refractivity contribution in [3.05, 3.63) is 52.3 Å². The SMILES string of the molecule is Cc1ncccc1Oc1cc(Br)ccc1CBr. The average molecular weight is 357 g/mol. The van der Waals surface area contributed by atoms with E-state index in [2.05, 4.69) is 36.8 Å². The summed E-state index contributed by atoms with van der Waals surface area (Å²) in [6.45, 7) is 1.93. The summed E-state index contributed by atoms with van der Waals surface area (Å²) in [5, 5.41) is 0.759. The molecule has 0 atom stereocenters. The van der Waals surface area contributed by atoms with Crippen LogP contribution in [0.3, 0.4) is 0 Å². The van der Waals surface area contributed by atoms with Crippen molar-refractivity contribution in [2.45, 2.75) is 12.3 Å². The molecule has 0 radical (unpaired) electrons. The lowest BCUT2D eigenvalue weighted by molar-refractivity contribution is 0.471. The highest BCUT2D eigenvalue weighted by molar-refractivity contribution is 9.10. The topological polar surface area (TPSA) is 22.1 Å². The van der Waals surface area contributed by atoms with Crippen molar-refractivity contribution in [3.63, 3.8) is 0 Å². The van der Waals surface area contributed by atoms with Crippen LogP contribution in [0.25, 0.3) is 0 Å². The fourth-order valence-corrected chi connectivity index (χ4v) is 2.23. The third-order valence-electron chi connectivity index (χ3n) is 2.35. The molecule has 0 saturated heterocycles. The molecule has 0 unspecified atom stereocenters. The Balaban J connectivity index is 2.35. The molecule has 0 aliphatic carbocycles. The smallest absolute Gasteiger partial charge is 0.148 e. The van der Waals surface area contributed by atoms with Crippen molar-refractivity contribution in [3.8, 4) is 11.5 Å². The number of hydrogen-bond donors (Lipinski definition) is 0. The van der Waals surface area contributed by atoms with Crippen LogP contribution >= 0.6 is 31.9 Å². The van der Waals surface area contributed by atoms with Gasteiger partial charge < -0.3 is 4.74 Å². The Morgan fingerprint density at radius 3 is 2.76 bits per heavy atom. The largest absolute Gasteiger partial charge is 0.455 e. The van der Waals surface area contributed by atoms with Gasteiger partial charge >= 0.3 is 0 Å². The van der Waals surface area contributed by atoms with Crippen molar-refractivity contribution in [2.75, 3.05) is 0 Å². The summed E-state index contributed by atoms with van der Waals surface area (Å²) >= 11 is 6.90. The molecule has 0 saturated carbocycles. The molecule has 1 aromatic carbocycles. The van der Waals surface area contributed by atoms with E-state index in [1.807, 2.05) is 37.3 Å². The minimum absolute atomic E-state index is 0.759. The molecule has 0 fully saturated rings. The summed E-state index contributed by atoms with van der Waals surface area (Å²) < 4.78 is 6.89. The highest BCUT2D eigenvalue weighted by Crippen LogP contribution is 2.30. The van der Waals surface area contributed by atoms with Crippen LogP contribution < -0.4 is 4.74 Å². The third kappa shape index (κ3) is 3.07. The molecule has 0 spiro atoms. The van der Waals surface area contributed by atoms with Gasteiger partial charge in [-0.1, -0.05) is 37.9 Å². The Hall–Kier alpha value is -0.870. The van der Waals surface area contributed by atoms with Gasteiger partial charge in [0.2, 0.25) is 0 Å². The predicted octanol–water partition coefficient (Wildman–Crippen LogP) is 4.84. The van der Waals surface area contributed by atoms with E-state index in [0.29, 0.717) is 0 Å². The molecule has 0 amide bonds. The molecule has 2 nitrogen and oxygen atoms in total.